The summed E-state index contributed by atoms with van der Waals surface area (Å²) in [7, 11) is -5.01. The molecule has 0 amide bonds. The predicted octanol–water partition coefficient (Wildman–Crippen LogP) is 9.31. The number of rotatable bonds is 39. The maximum absolute atomic E-state index is 12.8. The molecule has 1 aliphatic rings. The Morgan fingerprint density at radius 2 is 0.966 bits per heavy atom. The van der Waals surface area contributed by atoms with Gasteiger partial charge in [-0.25, -0.2) is 4.57 Å². The average molecular weight is 849 g/mol. The highest BCUT2D eigenvalue weighted by Crippen LogP contribution is 2.47. The number of carbonyl (C=O) groups excluding carboxylic acids is 1. The minimum absolute atomic E-state index is 0.0750. The lowest BCUT2D eigenvalue weighted by Gasteiger charge is -2.41. The fourth-order valence-electron chi connectivity index (χ4n) is 7.09. The lowest BCUT2D eigenvalue weighted by atomic mass is 9.85. The van der Waals surface area contributed by atoms with Gasteiger partial charge in [0.25, 0.3) is 0 Å². The number of phosphoric ester groups is 1. The first kappa shape index (κ1) is 54.8. The molecule has 0 radical (unpaired) electrons. The van der Waals surface area contributed by atoms with Gasteiger partial charge in [0.05, 0.1) is 13.2 Å². The zero-order valence-electron chi connectivity index (χ0n) is 36.4. The Morgan fingerprint density at radius 1 is 0.552 bits per heavy atom. The molecule has 13 heteroatoms. The van der Waals surface area contributed by atoms with Gasteiger partial charge in [0.2, 0.25) is 0 Å². The SMILES string of the molecule is CCCCCCC/C=C\C/C=C\CCCCCCCCCCCC(=O)OC(COCCCCCCCCCCCC)COP(=O)(O)OC1C(O)C(O)C(O)C(O)C1O. The number of allylic oxidation sites excluding steroid dienone is 4. The summed E-state index contributed by atoms with van der Waals surface area (Å²) in [5.41, 5.74) is 0. The first-order chi connectivity index (χ1) is 28.0. The number of ether oxygens (including phenoxy) is 2. The molecular weight excluding hydrogens is 763 g/mol. The van der Waals surface area contributed by atoms with Crippen molar-refractivity contribution < 1.29 is 58.3 Å². The van der Waals surface area contributed by atoms with Crippen molar-refractivity contribution in [3.63, 3.8) is 0 Å². The number of hydrogen-bond donors (Lipinski definition) is 6. The molecule has 0 saturated heterocycles. The molecule has 12 nitrogen and oxygen atoms in total. The van der Waals surface area contributed by atoms with Crippen molar-refractivity contribution in [3.8, 4) is 0 Å². The minimum atomic E-state index is -5.01. The summed E-state index contributed by atoms with van der Waals surface area (Å²) in [5.74, 6) is -0.480. The molecule has 0 aromatic rings. The summed E-state index contributed by atoms with van der Waals surface area (Å²) < 4.78 is 34.1. The van der Waals surface area contributed by atoms with Gasteiger partial charge in [-0.15, -0.1) is 0 Å². The largest absolute Gasteiger partial charge is 0.472 e. The van der Waals surface area contributed by atoms with E-state index in [4.69, 9.17) is 18.5 Å². The van der Waals surface area contributed by atoms with E-state index in [1.54, 1.807) is 0 Å². The molecule has 342 valence electrons. The van der Waals surface area contributed by atoms with Crippen LogP contribution in [0.15, 0.2) is 24.3 Å². The summed E-state index contributed by atoms with van der Waals surface area (Å²) in [6, 6.07) is 0. The van der Waals surface area contributed by atoms with Gasteiger partial charge < -0.3 is 39.9 Å². The van der Waals surface area contributed by atoms with Crippen molar-refractivity contribution in [3.05, 3.63) is 24.3 Å². The number of aliphatic hydroxyl groups excluding tert-OH is 5. The molecule has 6 atom stereocenters. The summed E-state index contributed by atoms with van der Waals surface area (Å²) in [6.45, 7) is 4.24. The average Bonchev–Trinajstić information content (AvgIpc) is 3.21. The standard InChI is InChI=1S/C45H85O12P/c1-3-5-7-9-11-13-15-16-17-18-19-20-21-22-23-24-25-26-28-30-32-34-39(46)56-38(36-54-35-33-31-29-27-14-12-10-8-6-4-2)37-55-58(52,53)57-45-43(50)41(48)40(47)42(49)44(45)51/h15-16,18-19,38,40-45,47-51H,3-14,17,20-37H2,1-2H3,(H,52,53)/b16-15-,19-18-. The number of esters is 1. The van der Waals surface area contributed by atoms with Crippen molar-refractivity contribution in [2.24, 2.45) is 0 Å². The van der Waals surface area contributed by atoms with E-state index in [1.165, 1.54) is 116 Å². The van der Waals surface area contributed by atoms with Crippen molar-refractivity contribution in [1.29, 1.82) is 0 Å². The molecule has 58 heavy (non-hydrogen) atoms. The molecule has 0 heterocycles. The van der Waals surface area contributed by atoms with E-state index >= 15 is 0 Å². The molecule has 6 N–H and O–H groups in total. The third-order valence-corrected chi connectivity index (χ3v) is 11.8. The smallest absolute Gasteiger partial charge is 0.457 e. The van der Waals surface area contributed by atoms with Crippen LogP contribution in [-0.4, -0.2) is 98.9 Å². The first-order valence-corrected chi connectivity index (χ1v) is 24.7. The molecule has 1 rings (SSSR count). The van der Waals surface area contributed by atoms with Gasteiger partial charge in [-0.2, -0.15) is 0 Å². The zero-order valence-corrected chi connectivity index (χ0v) is 37.2. The normalized spacial score (nSPS) is 22.8. The minimum Gasteiger partial charge on any atom is -0.457 e. The highest BCUT2D eigenvalue weighted by atomic mass is 31.2. The molecule has 0 aliphatic heterocycles. The first-order valence-electron chi connectivity index (χ1n) is 23.2. The van der Waals surface area contributed by atoms with Gasteiger partial charge in [-0.3, -0.25) is 13.8 Å². The van der Waals surface area contributed by atoms with E-state index in [2.05, 4.69) is 38.2 Å². The molecule has 1 saturated carbocycles. The highest BCUT2D eigenvalue weighted by Gasteiger charge is 2.51. The van der Waals surface area contributed by atoms with Crippen LogP contribution in [0.5, 0.6) is 0 Å². The monoisotopic (exact) mass is 849 g/mol. The van der Waals surface area contributed by atoms with Crippen LogP contribution in [0.1, 0.15) is 194 Å². The second-order valence-electron chi connectivity index (χ2n) is 16.3. The van der Waals surface area contributed by atoms with Crippen LogP contribution >= 0.6 is 7.82 Å². The van der Waals surface area contributed by atoms with Crippen molar-refractivity contribution in [2.75, 3.05) is 19.8 Å². The zero-order chi connectivity index (χ0) is 42.7. The fraction of sp³-hybridized carbons (Fsp3) is 0.889. The van der Waals surface area contributed by atoms with Crippen LogP contribution in [0, 0.1) is 0 Å². The van der Waals surface area contributed by atoms with E-state index in [9.17, 15) is 39.8 Å². The van der Waals surface area contributed by atoms with E-state index in [0.29, 0.717) is 13.0 Å². The number of hydrogen-bond acceptors (Lipinski definition) is 11. The topological polar surface area (TPSA) is 192 Å². The molecule has 0 bridgehead atoms. The lowest BCUT2D eigenvalue weighted by Crippen LogP contribution is -2.64. The predicted molar refractivity (Wildman–Crippen MR) is 230 cm³/mol. The molecule has 0 spiro atoms. The van der Waals surface area contributed by atoms with E-state index in [-0.39, 0.29) is 13.0 Å². The molecule has 6 unspecified atom stereocenters. The van der Waals surface area contributed by atoms with Gasteiger partial charge in [-0.1, -0.05) is 167 Å². The van der Waals surface area contributed by atoms with Crippen LogP contribution < -0.4 is 0 Å². The maximum Gasteiger partial charge on any atom is 0.472 e. The Labute approximate surface area is 351 Å². The number of aliphatic hydroxyl groups is 5. The van der Waals surface area contributed by atoms with Crippen molar-refractivity contribution in [2.45, 2.75) is 236 Å². The van der Waals surface area contributed by atoms with Gasteiger partial charge in [0, 0.05) is 13.0 Å². The third-order valence-electron chi connectivity index (χ3n) is 10.8. The van der Waals surface area contributed by atoms with Crippen LogP contribution in [0.3, 0.4) is 0 Å². The summed E-state index contributed by atoms with van der Waals surface area (Å²) in [5, 5.41) is 50.1. The summed E-state index contributed by atoms with van der Waals surface area (Å²) >= 11 is 0. The Morgan fingerprint density at radius 3 is 1.45 bits per heavy atom. The maximum atomic E-state index is 12.8. The van der Waals surface area contributed by atoms with Crippen LogP contribution in [0.2, 0.25) is 0 Å². The molecule has 0 aromatic carbocycles. The van der Waals surface area contributed by atoms with Gasteiger partial charge in [0.1, 0.15) is 42.7 Å². The van der Waals surface area contributed by atoms with Gasteiger partial charge in [-0.05, 0) is 44.9 Å². The molecule has 1 fully saturated rings. The molecule has 0 aromatic heterocycles. The Hall–Kier alpha value is -1.18. The lowest BCUT2D eigenvalue weighted by molar-refractivity contribution is -0.220. The highest BCUT2D eigenvalue weighted by molar-refractivity contribution is 7.47. The fourth-order valence-corrected chi connectivity index (χ4v) is 8.06. The number of unbranched alkanes of at least 4 members (excludes halogenated alkanes) is 23. The number of carbonyl (C=O) groups is 1. The van der Waals surface area contributed by atoms with Crippen LogP contribution in [0.4, 0.5) is 0 Å². The Balaban J connectivity index is 2.34. The van der Waals surface area contributed by atoms with Crippen LogP contribution in [-0.2, 0) is 27.9 Å². The third kappa shape index (κ3) is 28.4. The Kier molecular flexibility index (Phi) is 34.5. The summed E-state index contributed by atoms with van der Waals surface area (Å²) in [4.78, 5) is 23.1. The van der Waals surface area contributed by atoms with Crippen LogP contribution in [0.25, 0.3) is 0 Å². The van der Waals surface area contributed by atoms with E-state index < -0.39 is 63.1 Å². The van der Waals surface area contributed by atoms with Crippen molar-refractivity contribution >= 4 is 13.8 Å². The van der Waals surface area contributed by atoms with E-state index in [0.717, 1.165) is 51.4 Å². The number of phosphoric acid groups is 1. The molecular formula is C45H85O12P. The second-order valence-corrected chi connectivity index (χ2v) is 17.7. The Bertz CT molecular complexity index is 1060. The van der Waals surface area contributed by atoms with Gasteiger partial charge >= 0.3 is 13.8 Å². The quantitative estimate of drug-likeness (QED) is 0.0149. The van der Waals surface area contributed by atoms with Crippen molar-refractivity contribution in [1.82, 2.24) is 0 Å². The molecule has 1 aliphatic carbocycles. The van der Waals surface area contributed by atoms with E-state index in [1.807, 2.05) is 0 Å². The van der Waals surface area contributed by atoms with Gasteiger partial charge in [0.15, 0.2) is 0 Å². The second kappa shape index (κ2) is 36.5. The summed E-state index contributed by atoms with van der Waals surface area (Å²) in [6.07, 6.45) is 28.2.